The number of hydrogen-bond donors (Lipinski definition) is 2. The molecule has 0 unspecified atom stereocenters. The highest BCUT2D eigenvalue weighted by Gasteiger charge is 2.33. The standard InChI is InChI=1S/C14H6F4N4O2/c15-6-1-2-7(10(3-6)24-14(16,17)18)11-8(4-19)12(21)22-13(23)9(11)5-20/h1-3H,(H3,21,22,23). The zero-order valence-electron chi connectivity index (χ0n) is 11.5. The third-order valence-corrected chi connectivity index (χ3v) is 2.91. The quantitative estimate of drug-likeness (QED) is 0.816. The van der Waals surface area contributed by atoms with Crippen LogP contribution in [0.1, 0.15) is 11.1 Å². The Morgan fingerprint density at radius 1 is 1.17 bits per heavy atom. The van der Waals surface area contributed by atoms with Crippen molar-refractivity contribution in [1.29, 1.82) is 10.5 Å². The monoisotopic (exact) mass is 338 g/mol. The van der Waals surface area contributed by atoms with E-state index in [0.717, 1.165) is 12.1 Å². The van der Waals surface area contributed by atoms with Gasteiger partial charge in [0.25, 0.3) is 5.56 Å². The molecule has 6 nitrogen and oxygen atoms in total. The fourth-order valence-corrected chi connectivity index (χ4v) is 2.02. The van der Waals surface area contributed by atoms with Crippen LogP contribution in [0.15, 0.2) is 23.0 Å². The van der Waals surface area contributed by atoms with Crippen LogP contribution >= 0.6 is 0 Å². The van der Waals surface area contributed by atoms with Crippen molar-refractivity contribution in [3.05, 3.63) is 45.5 Å². The third kappa shape index (κ3) is 3.13. The molecule has 24 heavy (non-hydrogen) atoms. The van der Waals surface area contributed by atoms with Crippen LogP contribution in [0.4, 0.5) is 23.4 Å². The number of nitriles is 2. The summed E-state index contributed by atoms with van der Waals surface area (Å²) in [5.74, 6) is -2.51. The summed E-state index contributed by atoms with van der Waals surface area (Å²) in [5.41, 5.74) is 2.43. The molecule has 1 heterocycles. The van der Waals surface area contributed by atoms with Crippen LogP contribution in [0.2, 0.25) is 0 Å². The van der Waals surface area contributed by atoms with E-state index in [9.17, 15) is 22.4 Å². The zero-order valence-corrected chi connectivity index (χ0v) is 11.5. The van der Waals surface area contributed by atoms with E-state index in [1.165, 1.54) is 6.07 Å². The van der Waals surface area contributed by atoms with Gasteiger partial charge in [0.15, 0.2) is 0 Å². The Morgan fingerprint density at radius 2 is 1.79 bits per heavy atom. The third-order valence-electron chi connectivity index (χ3n) is 2.91. The lowest BCUT2D eigenvalue weighted by Crippen LogP contribution is -2.19. The molecule has 0 aliphatic carbocycles. The van der Waals surface area contributed by atoms with Gasteiger partial charge in [-0.1, -0.05) is 0 Å². The highest BCUT2D eigenvalue weighted by atomic mass is 19.4. The minimum atomic E-state index is -5.16. The second kappa shape index (κ2) is 5.93. The van der Waals surface area contributed by atoms with Crippen molar-refractivity contribution < 1.29 is 22.3 Å². The Labute approximate surface area is 131 Å². The van der Waals surface area contributed by atoms with Crippen molar-refractivity contribution in [2.24, 2.45) is 0 Å². The number of benzene rings is 1. The van der Waals surface area contributed by atoms with Gasteiger partial charge in [-0.2, -0.15) is 10.5 Å². The molecule has 0 radical (unpaired) electrons. The Hall–Kier alpha value is -3.53. The molecule has 1 aromatic heterocycles. The predicted molar refractivity (Wildman–Crippen MR) is 73.0 cm³/mol. The van der Waals surface area contributed by atoms with Crippen LogP contribution in [0.25, 0.3) is 11.1 Å². The topological polar surface area (TPSA) is 116 Å². The summed E-state index contributed by atoms with van der Waals surface area (Å²) in [6.45, 7) is 0. The van der Waals surface area contributed by atoms with Crippen LogP contribution in [0.5, 0.6) is 5.75 Å². The van der Waals surface area contributed by atoms with E-state index in [1.807, 2.05) is 4.98 Å². The summed E-state index contributed by atoms with van der Waals surface area (Å²) in [5, 5.41) is 18.2. The fourth-order valence-electron chi connectivity index (χ4n) is 2.02. The van der Waals surface area contributed by atoms with E-state index in [2.05, 4.69) is 4.74 Å². The molecule has 0 aliphatic heterocycles. The second-order valence-electron chi connectivity index (χ2n) is 4.40. The van der Waals surface area contributed by atoms with Gasteiger partial charge in [0, 0.05) is 17.2 Å². The molecule has 0 fully saturated rings. The minimum absolute atomic E-state index is 0.419. The molecule has 1 aromatic carbocycles. The number of halogens is 4. The van der Waals surface area contributed by atoms with Gasteiger partial charge in [0.1, 0.15) is 40.6 Å². The molecule has 10 heteroatoms. The first-order chi connectivity index (χ1) is 11.2. The number of hydrogen-bond acceptors (Lipinski definition) is 5. The van der Waals surface area contributed by atoms with Gasteiger partial charge in [0.05, 0.1) is 0 Å². The second-order valence-corrected chi connectivity index (χ2v) is 4.40. The van der Waals surface area contributed by atoms with Crippen molar-refractivity contribution in [1.82, 2.24) is 4.98 Å². The first-order valence-electron chi connectivity index (χ1n) is 6.09. The first-order valence-corrected chi connectivity index (χ1v) is 6.09. The molecule has 0 saturated carbocycles. The van der Waals surface area contributed by atoms with E-state index < -0.39 is 51.6 Å². The summed E-state index contributed by atoms with van der Waals surface area (Å²) in [6.07, 6.45) is -5.16. The Balaban J connectivity index is 2.90. The number of nitrogens with two attached hydrogens (primary N) is 1. The maximum absolute atomic E-state index is 13.3. The molecule has 2 rings (SSSR count). The van der Waals surface area contributed by atoms with E-state index in [4.69, 9.17) is 16.3 Å². The lowest BCUT2D eigenvalue weighted by atomic mass is 9.96. The van der Waals surface area contributed by atoms with Gasteiger partial charge < -0.3 is 15.5 Å². The van der Waals surface area contributed by atoms with Crippen molar-refractivity contribution in [3.8, 4) is 29.0 Å². The zero-order chi connectivity index (χ0) is 18.1. The predicted octanol–water partition coefficient (Wildman–Crippen LogP) is 2.41. The van der Waals surface area contributed by atoms with Crippen molar-refractivity contribution in [2.45, 2.75) is 6.36 Å². The molecule has 0 atom stereocenters. The van der Waals surface area contributed by atoms with Gasteiger partial charge in [-0.25, -0.2) is 4.39 Å². The summed E-state index contributed by atoms with van der Waals surface area (Å²) in [6, 6.07) is 5.14. The summed E-state index contributed by atoms with van der Waals surface area (Å²) >= 11 is 0. The molecule has 3 N–H and O–H groups in total. The van der Waals surface area contributed by atoms with Gasteiger partial charge in [-0.15, -0.1) is 13.2 Å². The summed E-state index contributed by atoms with van der Waals surface area (Å²) in [4.78, 5) is 13.8. The molecule has 122 valence electrons. The first kappa shape index (κ1) is 16.8. The van der Waals surface area contributed by atoms with Crippen LogP contribution in [0, 0.1) is 28.5 Å². The number of alkyl halides is 3. The molecule has 2 aromatic rings. The van der Waals surface area contributed by atoms with Crippen molar-refractivity contribution in [2.75, 3.05) is 5.73 Å². The number of nitrogen functional groups attached to an aromatic ring is 1. The normalized spacial score (nSPS) is 10.8. The fraction of sp³-hybridized carbons (Fsp3) is 0.0714. The van der Waals surface area contributed by atoms with Crippen LogP contribution in [-0.2, 0) is 0 Å². The van der Waals surface area contributed by atoms with E-state index in [0.29, 0.717) is 6.07 Å². The average Bonchev–Trinajstić information content (AvgIpc) is 2.45. The molecule has 0 amide bonds. The summed E-state index contributed by atoms with van der Waals surface area (Å²) < 4.78 is 54.6. The number of nitrogens with zero attached hydrogens (tertiary/aromatic N) is 2. The largest absolute Gasteiger partial charge is 0.573 e. The molecule has 0 aliphatic rings. The van der Waals surface area contributed by atoms with Gasteiger partial charge in [-0.3, -0.25) is 4.79 Å². The number of ether oxygens (including phenoxy) is 1. The lowest BCUT2D eigenvalue weighted by molar-refractivity contribution is -0.274. The highest BCUT2D eigenvalue weighted by Crippen LogP contribution is 2.37. The van der Waals surface area contributed by atoms with Gasteiger partial charge in [-0.05, 0) is 12.1 Å². The number of rotatable bonds is 2. The average molecular weight is 338 g/mol. The maximum Gasteiger partial charge on any atom is 0.573 e. The lowest BCUT2D eigenvalue weighted by Gasteiger charge is -2.15. The smallest absolute Gasteiger partial charge is 0.405 e. The Kier molecular flexibility index (Phi) is 4.16. The number of aromatic amines is 1. The molecule has 0 spiro atoms. The summed E-state index contributed by atoms with van der Waals surface area (Å²) in [7, 11) is 0. The molecular weight excluding hydrogens is 332 g/mol. The Morgan fingerprint density at radius 3 is 2.33 bits per heavy atom. The number of H-pyrrole nitrogens is 1. The highest BCUT2D eigenvalue weighted by molar-refractivity contribution is 5.83. The van der Waals surface area contributed by atoms with Crippen LogP contribution in [-0.4, -0.2) is 11.3 Å². The number of aromatic nitrogens is 1. The van der Waals surface area contributed by atoms with Crippen LogP contribution in [0.3, 0.4) is 0 Å². The van der Waals surface area contributed by atoms with E-state index >= 15 is 0 Å². The van der Waals surface area contributed by atoms with Crippen molar-refractivity contribution in [3.63, 3.8) is 0 Å². The molecule has 0 bridgehead atoms. The number of pyridine rings is 1. The van der Waals surface area contributed by atoms with Crippen LogP contribution < -0.4 is 16.0 Å². The molecule has 0 saturated heterocycles. The Bertz CT molecular complexity index is 951. The van der Waals surface area contributed by atoms with Gasteiger partial charge >= 0.3 is 6.36 Å². The number of nitrogens with one attached hydrogen (secondary N) is 1. The van der Waals surface area contributed by atoms with E-state index in [-0.39, 0.29) is 0 Å². The molecular formula is C14H6F4N4O2. The van der Waals surface area contributed by atoms with Crippen molar-refractivity contribution >= 4 is 5.82 Å². The number of anilines is 1. The minimum Gasteiger partial charge on any atom is -0.405 e. The maximum atomic E-state index is 13.3. The van der Waals surface area contributed by atoms with E-state index in [1.54, 1.807) is 6.07 Å². The van der Waals surface area contributed by atoms with Gasteiger partial charge in [0.2, 0.25) is 0 Å². The SMILES string of the molecule is N#Cc1c(N)[nH]c(=O)c(C#N)c1-c1ccc(F)cc1OC(F)(F)F.